The fraction of sp³-hybridized carbons (Fsp3) is 0.160. The van der Waals surface area contributed by atoms with Crippen LogP contribution in [0.1, 0.15) is 36.7 Å². The van der Waals surface area contributed by atoms with Gasteiger partial charge < -0.3 is 0 Å². The Balaban J connectivity index is 1.79. The predicted molar refractivity (Wildman–Crippen MR) is 122 cm³/mol. The zero-order chi connectivity index (χ0) is 22.9. The van der Waals surface area contributed by atoms with Gasteiger partial charge in [-0.15, -0.1) is 0 Å². The van der Waals surface area contributed by atoms with E-state index in [9.17, 15) is 14.9 Å². The Labute approximate surface area is 185 Å². The highest BCUT2D eigenvalue weighted by molar-refractivity contribution is 6.04. The molecule has 4 aromatic rings. The van der Waals surface area contributed by atoms with Gasteiger partial charge in [-0.2, -0.15) is 10.3 Å². The van der Waals surface area contributed by atoms with Crippen molar-refractivity contribution in [2.45, 2.75) is 26.4 Å². The molecule has 0 saturated carbocycles. The molecule has 0 unspecified atom stereocenters. The Kier molecular flexibility index (Phi) is 5.39. The molecule has 0 aliphatic rings. The van der Waals surface area contributed by atoms with E-state index >= 15 is 0 Å². The van der Waals surface area contributed by atoms with Crippen molar-refractivity contribution in [2.24, 2.45) is 0 Å². The largest absolute Gasteiger partial charge is 0.300 e. The Morgan fingerprint density at radius 2 is 1.69 bits per heavy atom. The quantitative estimate of drug-likeness (QED) is 0.485. The van der Waals surface area contributed by atoms with Crippen LogP contribution in [0.3, 0.4) is 0 Å². The molecule has 0 saturated heterocycles. The summed E-state index contributed by atoms with van der Waals surface area (Å²) in [6.45, 7) is 5.43. The molecular formula is C25H22N4O3. The fourth-order valence-corrected chi connectivity index (χ4v) is 3.38. The van der Waals surface area contributed by atoms with E-state index < -0.39 is 16.9 Å². The third-order valence-corrected chi connectivity index (χ3v) is 4.79. The molecule has 32 heavy (non-hydrogen) atoms. The highest BCUT2D eigenvalue weighted by Gasteiger charge is 2.28. The van der Waals surface area contributed by atoms with Gasteiger partial charge in [-0.05, 0) is 50.1 Å². The molecule has 1 N–H and O–H groups in total. The van der Waals surface area contributed by atoms with Crippen LogP contribution in [-0.2, 0) is 4.84 Å². The van der Waals surface area contributed by atoms with Gasteiger partial charge in [-0.1, -0.05) is 42.5 Å². The third kappa shape index (κ3) is 4.04. The van der Waals surface area contributed by atoms with Gasteiger partial charge in [0.1, 0.15) is 11.6 Å². The number of nitrogens with zero attached hydrogens (tertiary/aromatic N) is 3. The molecule has 160 valence electrons. The number of nitrogens with one attached hydrogen (secondary N) is 1. The van der Waals surface area contributed by atoms with Crippen LogP contribution in [-0.4, -0.2) is 21.1 Å². The Bertz CT molecular complexity index is 1370. The predicted octanol–water partition coefficient (Wildman–Crippen LogP) is 4.54. The first-order valence-electron chi connectivity index (χ1n) is 10.1. The van der Waals surface area contributed by atoms with Crippen LogP contribution in [0.4, 0.5) is 5.82 Å². The molecular weight excluding hydrogens is 404 g/mol. The van der Waals surface area contributed by atoms with Gasteiger partial charge in [0.2, 0.25) is 5.43 Å². The number of aromatic amines is 1. The number of aromatic nitrogens is 2. The molecule has 2 aromatic carbocycles. The summed E-state index contributed by atoms with van der Waals surface area (Å²) in [5.74, 6) is -0.256. The number of fused-ring (bicyclic) bond motifs is 1. The molecule has 0 aliphatic heterocycles. The van der Waals surface area contributed by atoms with Gasteiger partial charge in [-0.3, -0.25) is 19.5 Å². The van der Waals surface area contributed by atoms with Crippen LogP contribution in [0.15, 0.2) is 77.7 Å². The minimum Gasteiger partial charge on any atom is -0.300 e. The lowest BCUT2D eigenvalue weighted by Crippen LogP contribution is -2.40. The molecule has 0 aliphatic carbocycles. The second-order valence-electron chi connectivity index (χ2n) is 8.28. The molecule has 0 spiro atoms. The SMILES string of the molecule is CC(C)(C)ON(C(=O)c1ccc(-c2ccccc2)cc1)c1cc(=O)c(C#N)c2cc[nH]n12. The maximum absolute atomic E-state index is 13.5. The number of nitriles is 1. The molecule has 7 nitrogen and oxygen atoms in total. The molecule has 7 heteroatoms. The van der Waals surface area contributed by atoms with Crippen LogP contribution < -0.4 is 10.5 Å². The van der Waals surface area contributed by atoms with Crippen molar-refractivity contribution in [1.82, 2.24) is 9.61 Å². The van der Waals surface area contributed by atoms with Gasteiger partial charge in [0.15, 0.2) is 5.82 Å². The van der Waals surface area contributed by atoms with Crippen molar-refractivity contribution in [3.63, 3.8) is 0 Å². The number of benzene rings is 2. The van der Waals surface area contributed by atoms with E-state index in [0.29, 0.717) is 11.1 Å². The van der Waals surface area contributed by atoms with Crippen LogP contribution >= 0.6 is 0 Å². The van der Waals surface area contributed by atoms with Gasteiger partial charge in [0, 0.05) is 17.8 Å². The van der Waals surface area contributed by atoms with Crippen LogP contribution in [0.25, 0.3) is 16.6 Å². The van der Waals surface area contributed by atoms with Gasteiger partial charge >= 0.3 is 0 Å². The molecule has 1 amide bonds. The average molecular weight is 426 g/mol. The van der Waals surface area contributed by atoms with E-state index in [1.807, 2.05) is 69.3 Å². The molecule has 0 fully saturated rings. The number of hydroxylamine groups is 1. The smallest absolute Gasteiger partial charge is 0.283 e. The fourth-order valence-electron chi connectivity index (χ4n) is 3.38. The number of H-pyrrole nitrogens is 1. The van der Waals surface area contributed by atoms with E-state index in [1.54, 1.807) is 24.4 Å². The van der Waals surface area contributed by atoms with E-state index in [-0.39, 0.29) is 11.4 Å². The van der Waals surface area contributed by atoms with Gasteiger partial charge in [0.05, 0.1) is 11.1 Å². The van der Waals surface area contributed by atoms with Crippen molar-refractivity contribution in [1.29, 1.82) is 5.26 Å². The Morgan fingerprint density at radius 3 is 2.31 bits per heavy atom. The zero-order valence-electron chi connectivity index (χ0n) is 18.0. The normalized spacial score (nSPS) is 11.3. The summed E-state index contributed by atoms with van der Waals surface area (Å²) < 4.78 is 1.49. The first-order chi connectivity index (χ1) is 15.3. The maximum Gasteiger partial charge on any atom is 0.283 e. The lowest BCUT2D eigenvalue weighted by Gasteiger charge is -2.30. The zero-order valence-corrected chi connectivity index (χ0v) is 18.0. The highest BCUT2D eigenvalue weighted by Crippen LogP contribution is 2.25. The summed E-state index contributed by atoms with van der Waals surface area (Å²) in [6, 6.07) is 21.8. The first-order valence-corrected chi connectivity index (χ1v) is 10.1. The minimum absolute atomic E-state index is 0.00892. The minimum atomic E-state index is -0.726. The van der Waals surface area contributed by atoms with Crippen LogP contribution in [0.2, 0.25) is 0 Å². The van der Waals surface area contributed by atoms with Crippen molar-refractivity contribution in [3.8, 4) is 17.2 Å². The summed E-state index contributed by atoms with van der Waals surface area (Å²) >= 11 is 0. The van der Waals surface area contributed by atoms with Crippen molar-refractivity contribution in [2.75, 3.05) is 5.06 Å². The lowest BCUT2D eigenvalue weighted by molar-refractivity contribution is -0.0171. The third-order valence-electron chi connectivity index (χ3n) is 4.79. The topological polar surface area (TPSA) is 90.6 Å². The maximum atomic E-state index is 13.5. The van der Waals surface area contributed by atoms with E-state index in [0.717, 1.165) is 16.2 Å². The van der Waals surface area contributed by atoms with Crippen molar-refractivity contribution >= 4 is 17.2 Å². The molecule has 0 atom stereocenters. The number of rotatable bonds is 4. The van der Waals surface area contributed by atoms with E-state index in [2.05, 4.69) is 5.10 Å². The number of amides is 1. The van der Waals surface area contributed by atoms with Crippen molar-refractivity contribution < 1.29 is 9.63 Å². The van der Waals surface area contributed by atoms with E-state index in [4.69, 9.17) is 4.84 Å². The standard InChI is InChI=1S/C25H22N4O3/c1-25(2,3)32-29(23-15-22(30)20(16-26)21-13-14-27-28(21)23)24(31)19-11-9-18(10-12-19)17-7-5-4-6-8-17/h4-15,27H,1-3H3. The van der Waals surface area contributed by atoms with Crippen LogP contribution in [0, 0.1) is 11.3 Å². The second-order valence-corrected chi connectivity index (χ2v) is 8.28. The summed E-state index contributed by atoms with van der Waals surface area (Å²) in [7, 11) is 0. The van der Waals surface area contributed by atoms with Gasteiger partial charge in [0.25, 0.3) is 5.91 Å². The number of carbonyl (C=O) groups is 1. The molecule has 2 heterocycles. The highest BCUT2D eigenvalue weighted by atomic mass is 16.7. The Hall–Kier alpha value is -4.15. The lowest BCUT2D eigenvalue weighted by atomic mass is 10.0. The Morgan fingerprint density at radius 1 is 1.03 bits per heavy atom. The summed E-state index contributed by atoms with van der Waals surface area (Å²) in [6.07, 6.45) is 1.59. The number of anilines is 1. The number of carbonyl (C=O) groups excluding carboxylic acids is 1. The average Bonchev–Trinajstić information content (AvgIpc) is 3.26. The molecule has 0 radical (unpaired) electrons. The summed E-state index contributed by atoms with van der Waals surface area (Å²) in [4.78, 5) is 32.1. The van der Waals surface area contributed by atoms with E-state index in [1.165, 1.54) is 10.6 Å². The second kappa shape index (κ2) is 8.17. The summed E-state index contributed by atoms with van der Waals surface area (Å²) in [5.41, 5.74) is 1.56. The first kappa shape index (κ1) is 21.1. The molecule has 2 aromatic heterocycles. The van der Waals surface area contributed by atoms with Crippen molar-refractivity contribution in [3.05, 3.63) is 94.3 Å². The number of hydrogen-bond acceptors (Lipinski definition) is 4. The molecule has 0 bridgehead atoms. The summed E-state index contributed by atoms with van der Waals surface area (Å²) in [5, 5.41) is 13.4. The number of hydrogen-bond donors (Lipinski definition) is 1. The van der Waals surface area contributed by atoms with Gasteiger partial charge in [-0.25, -0.2) is 4.52 Å². The monoisotopic (exact) mass is 426 g/mol. The number of pyridine rings is 1. The molecule has 4 rings (SSSR count). The van der Waals surface area contributed by atoms with Crippen LogP contribution in [0.5, 0.6) is 0 Å².